The average Bonchev–Trinajstić information content (AvgIpc) is 2.82. The highest BCUT2D eigenvalue weighted by Gasteiger charge is 2.22. The van der Waals surface area contributed by atoms with Crippen molar-refractivity contribution < 1.29 is 8.42 Å². The molecule has 3 N–H and O–H groups in total. The predicted molar refractivity (Wildman–Crippen MR) is 138 cm³/mol. The van der Waals surface area contributed by atoms with E-state index in [0.717, 1.165) is 48.0 Å². The van der Waals surface area contributed by atoms with E-state index in [-0.39, 0.29) is 0 Å². The first-order valence-electron chi connectivity index (χ1n) is 11.8. The Morgan fingerprint density at radius 1 is 0.912 bits per heavy atom. The van der Waals surface area contributed by atoms with Crippen molar-refractivity contribution in [1.82, 2.24) is 20.0 Å². The van der Waals surface area contributed by atoms with Crippen LogP contribution in [0.3, 0.4) is 0 Å². The molecule has 182 valence electrons. The minimum absolute atomic E-state index is 0.304. The van der Waals surface area contributed by atoms with Crippen LogP contribution in [0.4, 0.5) is 11.8 Å². The molecule has 8 nitrogen and oxygen atoms in total. The van der Waals surface area contributed by atoms with Crippen LogP contribution in [0.2, 0.25) is 0 Å². The zero-order chi connectivity index (χ0) is 24.1. The van der Waals surface area contributed by atoms with Gasteiger partial charge in [-0.1, -0.05) is 29.8 Å². The van der Waals surface area contributed by atoms with Crippen LogP contribution in [0.1, 0.15) is 31.2 Å². The molecule has 0 atom stereocenters. The van der Waals surface area contributed by atoms with Crippen LogP contribution in [-0.2, 0) is 10.0 Å². The van der Waals surface area contributed by atoms with Crippen molar-refractivity contribution in [3.8, 4) is 0 Å². The molecular weight excluding hydrogens is 448 g/mol. The summed E-state index contributed by atoms with van der Waals surface area (Å²) in [5, 5.41) is 8.07. The number of hydrogen-bond donors (Lipinski definition) is 3. The first-order chi connectivity index (χ1) is 16.3. The zero-order valence-electron chi connectivity index (χ0n) is 20.1. The van der Waals surface area contributed by atoms with Gasteiger partial charge in [-0.15, -0.1) is 0 Å². The maximum Gasteiger partial charge on any atom is 0.240 e. The minimum Gasteiger partial charge on any atom is -0.362 e. The number of aryl methyl sites for hydroxylation is 1. The number of aromatic nitrogens is 2. The summed E-state index contributed by atoms with van der Waals surface area (Å²) in [6.07, 6.45) is 4.08. The lowest BCUT2D eigenvalue weighted by Crippen LogP contribution is -2.40. The van der Waals surface area contributed by atoms with E-state index in [2.05, 4.69) is 15.4 Å². The average molecular weight is 483 g/mol. The Labute approximate surface area is 202 Å². The molecule has 1 aliphatic carbocycles. The fourth-order valence-corrected chi connectivity index (χ4v) is 5.38. The van der Waals surface area contributed by atoms with Gasteiger partial charge in [0.2, 0.25) is 16.0 Å². The smallest absolute Gasteiger partial charge is 0.240 e. The fraction of sp³-hybridized carbons (Fsp3) is 0.440. The largest absolute Gasteiger partial charge is 0.362 e. The lowest BCUT2D eigenvalue weighted by atomic mass is 9.91. The van der Waals surface area contributed by atoms with Crippen LogP contribution in [-0.4, -0.2) is 57.7 Å². The number of para-hydroxylation sites is 1. The predicted octanol–water partition coefficient (Wildman–Crippen LogP) is 3.30. The lowest BCUT2D eigenvalue weighted by Gasteiger charge is -2.30. The Morgan fingerprint density at radius 3 is 2.29 bits per heavy atom. The molecule has 9 heteroatoms. The van der Waals surface area contributed by atoms with Gasteiger partial charge in [-0.05, 0) is 56.9 Å². The number of nitrogens with one attached hydrogen (secondary N) is 3. The van der Waals surface area contributed by atoms with Crippen molar-refractivity contribution in [3.05, 3.63) is 54.1 Å². The number of benzene rings is 2. The van der Waals surface area contributed by atoms with Gasteiger partial charge in [0.05, 0.1) is 10.4 Å². The molecule has 4 rings (SSSR count). The normalized spacial score (nSPS) is 18.7. The Bertz CT molecular complexity index is 1210. The van der Waals surface area contributed by atoms with E-state index in [1.165, 1.54) is 0 Å². The highest BCUT2D eigenvalue weighted by Crippen LogP contribution is 2.26. The second-order valence-electron chi connectivity index (χ2n) is 9.14. The zero-order valence-corrected chi connectivity index (χ0v) is 20.9. The standard InChI is InChI=1S/C25H34N6O2S/c1-18-8-14-21(15-9-18)34(32,33)27-17-16-26-19-10-12-20(13-11-19)28-25-29-23-7-5-4-6-22(23)24(30-25)31(2)3/h4-9,14-15,19-20,26-27H,10-13,16-17H2,1-3H3,(H,28,29,30)/t19-,20+. The van der Waals surface area contributed by atoms with Gasteiger partial charge in [0.25, 0.3) is 0 Å². The highest BCUT2D eigenvalue weighted by atomic mass is 32.2. The van der Waals surface area contributed by atoms with E-state index < -0.39 is 10.0 Å². The molecule has 1 heterocycles. The Hall–Kier alpha value is -2.75. The van der Waals surface area contributed by atoms with Crippen molar-refractivity contribution in [3.63, 3.8) is 0 Å². The van der Waals surface area contributed by atoms with Gasteiger partial charge in [-0.25, -0.2) is 18.1 Å². The third-order valence-electron chi connectivity index (χ3n) is 6.25. The Balaban J connectivity index is 1.24. The van der Waals surface area contributed by atoms with Crippen molar-refractivity contribution in [2.75, 3.05) is 37.4 Å². The van der Waals surface area contributed by atoms with Crippen LogP contribution in [0.25, 0.3) is 10.9 Å². The number of sulfonamides is 1. The first kappa shape index (κ1) is 24.4. The quantitative estimate of drug-likeness (QED) is 0.403. The van der Waals surface area contributed by atoms with Gasteiger partial charge < -0.3 is 15.5 Å². The maximum absolute atomic E-state index is 12.4. The Morgan fingerprint density at radius 2 is 1.59 bits per heavy atom. The first-order valence-corrected chi connectivity index (χ1v) is 13.3. The van der Waals surface area contributed by atoms with Crippen LogP contribution in [0, 0.1) is 6.92 Å². The summed E-state index contributed by atoms with van der Waals surface area (Å²) in [5.41, 5.74) is 1.98. The summed E-state index contributed by atoms with van der Waals surface area (Å²) in [4.78, 5) is 11.8. The summed E-state index contributed by atoms with van der Waals surface area (Å²) in [7, 11) is 0.527. The molecule has 0 spiro atoms. The van der Waals surface area contributed by atoms with Gasteiger partial charge >= 0.3 is 0 Å². The number of hydrogen-bond acceptors (Lipinski definition) is 7. The molecule has 0 amide bonds. The van der Waals surface area contributed by atoms with Crippen molar-refractivity contribution in [1.29, 1.82) is 0 Å². The number of anilines is 2. The minimum atomic E-state index is -3.47. The van der Waals surface area contributed by atoms with E-state index in [9.17, 15) is 8.42 Å². The molecular formula is C25H34N6O2S. The lowest BCUT2D eigenvalue weighted by molar-refractivity contribution is 0.355. The van der Waals surface area contributed by atoms with Crippen LogP contribution in [0.15, 0.2) is 53.4 Å². The summed E-state index contributed by atoms with van der Waals surface area (Å²) >= 11 is 0. The van der Waals surface area contributed by atoms with E-state index in [0.29, 0.717) is 36.0 Å². The maximum atomic E-state index is 12.4. The summed E-state index contributed by atoms with van der Waals surface area (Å²) in [5.74, 6) is 1.58. The molecule has 0 aliphatic heterocycles. The second kappa shape index (κ2) is 10.7. The molecule has 0 unspecified atom stereocenters. The van der Waals surface area contributed by atoms with Crippen LogP contribution >= 0.6 is 0 Å². The van der Waals surface area contributed by atoms with E-state index >= 15 is 0 Å². The van der Waals surface area contributed by atoms with Gasteiger partial charge in [0.1, 0.15) is 5.82 Å². The van der Waals surface area contributed by atoms with Gasteiger partial charge in [-0.3, -0.25) is 0 Å². The van der Waals surface area contributed by atoms with E-state index in [1.807, 2.05) is 62.3 Å². The van der Waals surface area contributed by atoms with Gasteiger partial charge in [0, 0.05) is 44.7 Å². The third kappa shape index (κ3) is 6.02. The molecule has 2 aromatic carbocycles. The van der Waals surface area contributed by atoms with Crippen molar-refractivity contribution >= 4 is 32.7 Å². The topological polar surface area (TPSA) is 99.2 Å². The second-order valence-corrected chi connectivity index (χ2v) is 10.9. The van der Waals surface area contributed by atoms with E-state index in [1.54, 1.807) is 12.1 Å². The summed E-state index contributed by atoms with van der Waals surface area (Å²) in [6.45, 7) is 2.91. The molecule has 0 saturated heterocycles. The van der Waals surface area contributed by atoms with E-state index in [4.69, 9.17) is 9.97 Å². The third-order valence-corrected chi connectivity index (χ3v) is 7.73. The number of fused-ring (bicyclic) bond motifs is 1. The summed E-state index contributed by atoms with van der Waals surface area (Å²) < 4.78 is 27.5. The van der Waals surface area contributed by atoms with Gasteiger partial charge in [-0.2, -0.15) is 4.98 Å². The molecule has 1 saturated carbocycles. The number of nitrogens with zero attached hydrogens (tertiary/aromatic N) is 3. The molecule has 1 aliphatic rings. The number of rotatable bonds is 9. The molecule has 1 fully saturated rings. The Kier molecular flexibility index (Phi) is 7.65. The van der Waals surface area contributed by atoms with Crippen LogP contribution in [0.5, 0.6) is 0 Å². The van der Waals surface area contributed by atoms with Crippen LogP contribution < -0.4 is 20.3 Å². The van der Waals surface area contributed by atoms with Crippen molar-refractivity contribution in [2.24, 2.45) is 0 Å². The van der Waals surface area contributed by atoms with Crippen molar-refractivity contribution in [2.45, 2.75) is 49.6 Å². The monoisotopic (exact) mass is 482 g/mol. The molecule has 1 aromatic heterocycles. The SMILES string of the molecule is Cc1ccc(S(=O)(=O)NCCN[C@H]2CC[C@@H](Nc3nc(N(C)C)c4ccccc4n3)CC2)cc1. The summed E-state index contributed by atoms with van der Waals surface area (Å²) in [6, 6.07) is 15.7. The molecule has 0 radical (unpaired) electrons. The molecule has 3 aromatic rings. The molecule has 0 bridgehead atoms. The molecule has 34 heavy (non-hydrogen) atoms. The highest BCUT2D eigenvalue weighted by molar-refractivity contribution is 7.89. The van der Waals surface area contributed by atoms with Gasteiger partial charge in [0.15, 0.2) is 0 Å². The fourth-order valence-electron chi connectivity index (χ4n) is 4.35.